The minimum Gasteiger partial charge on any atom is -0.462 e. The van der Waals surface area contributed by atoms with Crippen molar-refractivity contribution < 1.29 is 64.5 Å². The van der Waals surface area contributed by atoms with Gasteiger partial charge in [0.15, 0.2) is 0 Å². The summed E-state index contributed by atoms with van der Waals surface area (Å²) >= 11 is 0. The number of rotatable bonds is 10. The molecule has 2 fully saturated rings. The highest BCUT2D eigenvalue weighted by molar-refractivity contribution is 5.28. The summed E-state index contributed by atoms with van der Waals surface area (Å²) < 4.78 is 27.6. The standard InChI is InChI=1S/C26H34O13/c27-9-17-19(29)21(31)23(33)25(38-17)36-15-5-1-13(2-6-15)11-35-12-14-3-7-16(8-4-14)37-26-24(34)22(32)20(30)18(10-28)39-26/h1-8,17-34H,9-12H2/t17-,18-,19-,20-,21+,22+,23-,24-,25-,26-/m1/s1. The molecule has 0 spiro atoms. The topological polar surface area (TPSA) is 208 Å². The van der Waals surface area contributed by atoms with Crippen molar-refractivity contribution >= 4 is 0 Å². The number of benzene rings is 2. The summed E-state index contributed by atoms with van der Waals surface area (Å²) in [5.41, 5.74) is 1.66. The van der Waals surface area contributed by atoms with Gasteiger partial charge in [-0.25, -0.2) is 0 Å². The maximum atomic E-state index is 10.1. The molecule has 216 valence electrons. The highest BCUT2D eigenvalue weighted by Gasteiger charge is 2.45. The van der Waals surface area contributed by atoms with Crippen LogP contribution in [0.2, 0.25) is 0 Å². The van der Waals surface area contributed by atoms with Gasteiger partial charge in [0, 0.05) is 0 Å². The Hall–Kier alpha value is -2.40. The fourth-order valence-electron chi connectivity index (χ4n) is 4.21. The molecule has 0 unspecified atom stereocenters. The monoisotopic (exact) mass is 554 g/mol. The van der Waals surface area contributed by atoms with Gasteiger partial charge in [0.1, 0.15) is 60.3 Å². The predicted octanol–water partition coefficient (Wildman–Crippen LogP) is -2.24. The molecule has 13 heteroatoms. The molecule has 2 aromatic carbocycles. The first-order valence-electron chi connectivity index (χ1n) is 12.4. The van der Waals surface area contributed by atoms with Crippen molar-refractivity contribution in [1.29, 1.82) is 0 Å². The van der Waals surface area contributed by atoms with Crippen LogP contribution in [0.3, 0.4) is 0 Å². The summed E-state index contributed by atoms with van der Waals surface area (Å²) in [7, 11) is 0. The molecule has 0 amide bonds. The van der Waals surface area contributed by atoms with Gasteiger partial charge in [0.25, 0.3) is 0 Å². The van der Waals surface area contributed by atoms with Crippen LogP contribution in [-0.2, 0) is 27.4 Å². The van der Waals surface area contributed by atoms with Crippen molar-refractivity contribution in [3.05, 3.63) is 59.7 Å². The summed E-state index contributed by atoms with van der Waals surface area (Å²) in [6, 6.07) is 13.5. The molecule has 0 aliphatic carbocycles. The van der Waals surface area contributed by atoms with Crippen LogP contribution in [0.4, 0.5) is 0 Å². The number of aliphatic hydroxyl groups excluding tert-OH is 8. The summed E-state index contributed by atoms with van der Waals surface area (Å²) in [4.78, 5) is 0. The van der Waals surface area contributed by atoms with E-state index in [2.05, 4.69) is 0 Å². The fourth-order valence-corrected chi connectivity index (χ4v) is 4.21. The van der Waals surface area contributed by atoms with Crippen LogP contribution >= 0.6 is 0 Å². The third kappa shape index (κ3) is 7.03. The Balaban J connectivity index is 1.23. The Bertz CT molecular complexity index is 934. The van der Waals surface area contributed by atoms with Crippen LogP contribution in [0.1, 0.15) is 11.1 Å². The van der Waals surface area contributed by atoms with Crippen molar-refractivity contribution in [2.75, 3.05) is 13.2 Å². The Morgan fingerprint density at radius 3 is 1.21 bits per heavy atom. The van der Waals surface area contributed by atoms with E-state index in [0.717, 1.165) is 11.1 Å². The van der Waals surface area contributed by atoms with Gasteiger partial charge in [-0.1, -0.05) is 24.3 Å². The van der Waals surface area contributed by atoms with Crippen molar-refractivity contribution in [2.24, 2.45) is 0 Å². The SMILES string of the molecule is OC[C@H]1O[C@@H](Oc2ccc(COCc3ccc(O[C@@H]4O[C@H](CO)[C@@H](O)[C@H](O)[C@H]4O)cc3)cc2)[C@H](O)[C@@H](O)[C@@H]1O. The summed E-state index contributed by atoms with van der Waals surface area (Å²) in [5.74, 6) is 0.691. The molecular weight excluding hydrogens is 520 g/mol. The molecule has 0 aromatic heterocycles. The highest BCUT2D eigenvalue weighted by atomic mass is 16.7. The zero-order chi connectivity index (χ0) is 28.1. The molecule has 2 aliphatic heterocycles. The third-order valence-electron chi connectivity index (χ3n) is 6.59. The first-order chi connectivity index (χ1) is 18.7. The van der Waals surface area contributed by atoms with E-state index in [-0.39, 0.29) is 13.2 Å². The fraction of sp³-hybridized carbons (Fsp3) is 0.538. The second-order valence-corrected chi connectivity index (χ2v) is 9.41. The van der Waals surface area contributed by atoms with E-state index in [4.69, 9.17) is 23.7 Å². The molecule has 2 heterocycles. The molecule has 2 saturated heterocycles. The van der Waals surface area contributed by atoms with Gasteiger partial charge in [-0.05, 0) is 35.4 Å². The maximum Gasteiger partial charge on any atom is 0.229 e. The third-order valence-corrected chi connectivity index (χ3v) is 6.59. The zero-order valence-electron chi connectivity index (χ0n) is 20.8. The normalized spacial score (nSPS) is 35.0. The number of ether oxygens (including phenoxy) is 5. The lowest BCUT2D eigenvalue weighted by Gasteiger charge is -2.39. The van der Waals surface area contributed by atoms with Gasteiger partial charge in [-0.3, -0.25) is 0 Å². The molecule has 0 radical (unpaired) electrons. The molecule has 10 atom stereocenters. The van der Waals surface area contributed by atoms with E-state index in [9.17, 15) is 40.9 Å². The smallest absolute Gasteiger partial charge is 0.229 e. The first-order valence-corrected chi connectivity index (χ1v) is 12.4. The second-order valence-electron chi connectivity index (χ2n) is 9.41. The molecule has 2 aromatic rings. The minimum absolute atomic E-state index is 0.281. The van der Waals surface area contributed by atoms with Crippen molar-refractivity contribution in [3.63, 3.8) is 0 Å². The molecule has 39 heavy (non-hydrogen) atoms. The average molecular weight is 555 g/mol. The lowest BCUT2D eigenvalue weighted by atomic mass is 9.99. The molecule has 0 saturated carbocycles. The summed E-state index contributed by atoms with van der Waals surface area (Å²) in [5, 5.41) is 78.2. The van der Waals surface area contributed by atoms with Crippen molar-refractivity contribution in [1.82, 2.24) is 0 Å². The van der Waals surface area contributed by atoms with Crippen LogP contribution in [0.25, 0.3) is 0 Å². The van der Waals surface area contributed by atoms with Gasteiger partial charge in [-0.15, -0.1) is 0 Å². The molecule has 0 bridgehead atoms. The van der Waals surface area contributed by atoms with E-state index in [1.165, 1.54) is 0 Å². The first kappa shape index (κ1) is 29.6. The maximum absolute atomic E-state index is 10.1. The van der Waals surface area contributed by atoms with Crippen LogP contribution in [0.15, 0.2) is 48.5 Å². The van der Waals surface area contributed by atoms with E-state index < -0.39 is 74.6 Å². The Morgan fingerprint density at radius 1 is 0.513 bits per heavy atom. The minimum atomic E-state index is -1.53. The van der Waals surface area contributed by atoms with Crippen LogP contribution < -0.4 is 9.47 Å². The van der Waals surface area contributed by atoms with Crippen LogP contribution in [-0.4, -0.2) is 115 Å². The van der Waals surface area contributed by atoms with Crippen molar-refractivity contribution in [2.45, 2.75) is 74.6 Å². The van der Waals surface area contributed by atoms with Crippen LogP contribution in [0.5, 0.6) is 11.5 Å². The number of hydrogen-bond donors (Lipinski definition) is 8. The Morgan fingerprint density at radius 2 is 0.872 bits per heavy atom. The van der Waals surface area contributed by atoms with Crippen LogP contribution in [0, 0.1) is 0 Å². The van der Waals surface area contributed by atoms with Gasteiger partial charge >= 0.3 is 0 Å². The van der Waals surface area contributed by atoms with Gasteiger partial charge in [-0.2, -0.15) is 0 Å². The largest absolute Gasteiger partial charge is 0.462 e. The zero-order valence-corrected chi connectivity index (χ0v) is 20.8. The molecule has 4 rings (SSSR count). The van der Waals surface area contributed by atoms with Gasteiger partial charge < -0.3 is 64.5 Å². The van der Waals surface area contributed by atoms with E-state index in [0.29, 0.717) is 11.5 Å². The Labute approximate surface area is 224 Å². The predicted molar refractivity (Wildman–Crippen MR) is 130 cm³/mol. The number of aliphatic hydroxyl groups is 8. The van der Waals surface area contributed by atoms with Gasteiger partial charge in [0.05, 0.1) is 26.4 Å². The van der Waals surface area contributed by atoms with E-state index in [1.54, 1.807) is 48.5 Å². The van der Waals surface area contributed by atoms with Gasteiger partial charge in [0.2, 0.25) is 12.6 Å². The Kier molecular flexibility index (Phi) is 10.1. The summed E-state index contributed by atoms with van der Waals surface area (Å²) in [6.07, 6.45) is -13.6. The van der Waals surface area contributed by atoms with E-state index >= 15 is 0 Å². The second kappa shape index (κ2) is 13.3. The lowest BCUT2D eigenvalue weighted by Crippen LogP contribution is -2.60. The molecule has 8 N–H and O–H groups in total. The lowest BCUT2D eigenvalue weighted by molar-refractivity contribution is -0.277. The molecule has 2 aliphatic rings. The summed E-state index contributed by atoms with van der Waals surface area (Å²) in [6.45, 7) is -0.531. The van der Waals surface area contributed by atoms with E-state index in [1.807, 2.05) is 0 Å². The quantitative estimate of drug-likeness (QED) is 0.156. The molecular formula is C26H34O13. The average Bonchev–Trinajstić information content (AvgIpc) is 2.95. The molecule has 13 nitrogen and oxygen atoms in total. The highest BCUT2D eigenvalue weighted by Crippen LogP contribution is 2.26. The van der Waals surface area contributed by atoms with Crippen molar-refractivity contribution in [3.8, 4) is 11.5 Å². The number of hydrogen-bond acceptors (Lipinski definition) is 13.